The van der Waals surface area contributed by atoms with Crippen LogP contribution >= 0.6 is 11.6 Å². The normalized spacial score (nSPS) is 11.5. The van der Waals surface area contributed by atoms with Crippen LogP contribution in [0.15, 0.2) is 73.2 Å². The Bertz CT molecular complexity index is 1550. The molecule has 0 amide bonds. The maximum atomic E-state index is 11.7. The second-order valence-electron chi connectivity index (χ2n) is 8.16. The van der Waals surface area contributed by atoms with Gasteiger partial charge in [0, 0.05) is 29.2 Å². The molecule has 0 spiro atoms. The Morgan fingerprint density at radius 2 is 1.86 bits per heavy atom. The molecule has 0 radical (unpaired) electrons. The quantitative estimate of drug-likeness (QED) is 0.243. The predicted molar refractivity (Wildman–Crippen MR) is 143 cm³/mol. The predicted octanol–water partition coefficient (Wildman–Crippen LogP) is 6.86. The van der Waals surface area contributed by atoms with Crippen LogP contribution in [0.25, 0.3) is 23.3 Å². The van der Waals surface area contributed by atoms with Gasteiger partial charge in [-0.25, -0.2) is 0 Å². The Morgan fingerprint density at radius 3 is 2.59 bits per heavy atom. The zero-order valence-electron chi connectivity index (χ0n) is 19.9. The standard InChI is InChI=1S/C30H21ClN4O2/c1-20(24-13-21(16-33)17-34-18-24)37-30-15-23(28(31)14-25(30)19-36)7-8-29-27(9-11-32)26(10-12-35-29)22-5-3-2-4-6-22/h2-8,10,12-15,17-20H,9H2,1H3/b8-7+. The first-order valence-electron chi connectivity index (χ1n) is 11.4. The van der Waals surface area contributed by atoms with Gasteiger partial charge in [-0.15, -0.1) is 0 Å². The van der Waals surface area contributed by atoms with Crippen molar-refractivity contribution in [2.75, 3.05) is 0 Å². The van der Waals surface area contributed by atoms with Crippen molar-refractivity contribution in [3.63, 3.8) is 0 Å². The van der Waals surface area contributed by atoms with Crippen molar-refractivity contribution in [2.45, 2.75) is 19.4 Å². The van der Waals surface area contributed by atoms with Gasteiger partial charge in [-0.2, -0.15) is 10.5 Å². The van der Waals surface area contributed by atoms with Crippen LogP contribution in [-0.4, -0.2) is 16.3 Å². The van der Waals surface area contributed by atoms with Crippen LogP contribution in [0.4, 0.5) is 0 Å². The van der Waals surface area contributed by atoms with Gasteiger partial charge in [0.2, 0.25) is 0 Å². The van der Waals surface area contributed by atoms with Crippen molar-refractivity contribution in [3.05, 3.63) is 112 Å². The van der Waals surface area contributed by atoms with E-state index in [0.29, 0.717) is 45.0 Å². The molecule has 0 N–H and O–H groups in total. The van der Waals surface area contributed by atoms with Crippen LogP contribution in [0, 0.1) is 22.7 Å². The molecule has 0 bridgehead atoms. The van der Waals surface area contributed by atoms with Gasteiger partial charge in [0.15, 0.2) is 6.29 Å². The average molecular weight is 505 g/mol. The third-order valence-corrected chi connectivity index (χ3v) is 6.10. The van der Waals surface area contributed by atoms with Crippen LogP contribution in [-0.2, 0) is 6.42 Å². The molecule has 6 nitrogen and oxygen atoms in total. The topological polar surface area (TPSA) is 99.7 Å². The molecule has 0 saturated heterocycles. The average Bonchev–Trinajstić information content (AvgIpc) is 2.94. The molecule has 1 unspecified atom stereocenters. The Morgan fingerprint density at radius 1 is 1.05 bits per heavy atom. The number of rotatable bonds is 8. The highest BCUT2D eigenvalue weighted by molar-refractivity contribution is 6.32. The van der Waals surface area contributed by atoms with E-state index in [0.717, 1.165) is 16.7 Å². The molecule has 0 aliphatic rings. The van der Waals surface area contributed by atoms with Gasteiger partial charge in [0.05, 0.1) is 29.3 Å². The summed E-state index contributed by atoms with van der Waals surface area (Å²) in [6.45, 7) is 1.81. The Kier molecular flexibility index (Phi) is 8.05. The Hall–Kier alpha value is -4.78. The van der Waals surface area contributed by atoms with Crippen molar-refractivity contribution in [2.24, 2.45) is 0 Å². The molecule has 180 valence electrons. The zero-order chi connectivity index (χ0) is 26.2. The number of carbonyl (C=O) groups excluding carboxylic acids is 1. The monoisotopic (exact) mass is 504 g/mol. The van der Waals surface area contributed by atoms with Crippen LogP contribution < -0.4 is 4.74 Å². The minimum atomic E-state index is -0.469. The minimum absolute atomic E-state index is 0.192. The van der Waals surface area contributed by atoms with Gasteiger partial charge >= 0.3 is 0 Å². The molecule has 2 aromatic carbocycles. The Balaban J connectivity index is 1.69. The number of carbonyl (C=O) groups is 1. The second-order valence-corrected chi connectivity index (χ2v) is 8.57. The third-order valence-electron chi connectivity index (χ3n) is 5.77. The van der Waals surface area contributed by atoms with Crippen LogP contribution in [0.5, 0.6) is 5.75 Å². The number of hydrogen-bond acceptors (Lipinski definition) is 6. The highest BCUT2D eigenvalue weighted by atomic mass is 35.5. The minimum Gasteiger partial charge on any atom is -0.485 e. The van der Waals surface area contributed by atoms with E-state index in [-0.39, 0.29) is 6.42 Å². The summed E-state index contributed by atoms with van der Waals surface area (Å²) in [6.07, 6.45) is 8.78. The van der Waals surface area contributed by atoms with Gasteiger partial charge in [-0.05, 0) is 59.5 Å². The Labute approximate surface area is 220 Å². The van der Waals surface area contributed by atoms with Crippen molar-refractivity contribution < 1.29 is 9.53 Å². The van der Waals surface area contributed by atoms with Crippen LogP contribution in [0.2, 0.25) is 5.02 Å². The van der Waals surface area contributed by atoms with Gasteiger partial charge in [0.25, 0.3) is 0 Å². The summed E-state index contributed by atoms with van der Waals surface area (Å²) in [4.78, 5) is 20.3. The number of halogens is 1. The third kappa shape index (κ3) is 5.90. The van der Waals surface area contributed by atoms with E-state index >= 15 is 0 Å². The number of nitrogens with zero attached hydrogens (tertiary/aromatic N) is 4. The number of nitriles is 2. The second kappa shape index (κ2) is 11.8. The van der Waals surface area contributed by atoms with Gasteiger partial charge in [-0.1, -0.05) is 48.0 Å². The van der Waals surface area contributed by atoms with Gasteiger partial charge in [-0.3, -0.25) is 14.8 Å². The van der Waals surface area contributed by atoms with E-state index in [4.69, 9.17) is 21.6 Å². The summed E-state index contributed by atoms with van der Waals surface area (Å²) in [5.41, 5.74) is 5.42. The molecule has 0 aliphatic heterocycles. The van der Waals surface area contributed by atoms with Crippen LogP contribution in [0.3, 0.4) is 0 Å². The summed E-state index contributed by atoms with van der Waals surface area (Å²) >= 11 is 6.48. The molecular weight excluding hydrogens is 484 g/mol. The smallest absolute Gasteiger partial charge is 0.153 e. The molecule has 2 aromatic heterocycles. The number of aromatic nitrogens is 2. The number of benzene rings is 2. The maximum absolute atomic E-state index is 11.7. The highest BCUT2D eigenvalue weighted by Crippen LogP contribution is 2.32. The fourth-order valence-corrected chi connectivity index (χ4v) is 4.12. The van der Waals surface area contributed by atoms with Crippen molar-refractivity contribution in [1.29, 1.82) is 10.5 Å². The van der Waals surface area contributed by atoms with Crippen molar-refractivity contribution >= 4 is 30.0 Å². The molecule has 1 atom stereocenters. The van der Waals surface area contributed by atoms with Gasteiger partial charge < -0.3 is 4.74 Å². The SMILES string of the molecule is CC(Oc1cc(/C=C/c2nccc(-c3ccccc3)c2CC#N)c(Cl)cc1C=O)c1cncc(C#N)c1. The molecule has 2 heterocycles. The summed E-state index contributed by atoms with van der Waals surface area (Å²) in [5, 5.41) is 19.0. The molecule has 4 rings (SSSR count). The maximum Gasteiger partial charge on any atom is 0.153 e. The largest absolute Gasteiger partial charge is 0.485 e. The summed E-state index contributed by atoms with van der Waals surface area (Å²) in [7, 11) is 0. The number of pyridine rings is 2. The van der Waals surface area contributed by atoms with Gasteiger partial charge in [0.1, 0.15) is 17.9 Å². The lowest BCUT2D eigenvalue weighted by Gasteiger charge is -2.17. The number of ether oxygens (including phenoxy) is 1. The van der Waals surface area contributed by atoms with E-state index < -0.39 is 6.10 Å². The lowest BCUT2D eigenvalue weighted by Crippen LogP contribution is -2.06. The first-order valence-corrected chi connectivity index (χ1v) is 11.8. The van der Waals surface area contributed by atoms with E-state index in [1.165, 1.54) is 6.20 Å². The fourth-order valence-electron chi connectivity index (χ4n) is 3.88. The van der Waals surface area contributed by atoms with Crippen molar-refractivity contribution in [3.8, 4) is 29.0 Å². The number of aldehydes is 1. The molecule has 7 heteroatoms. The summed E-state index contributed by atoms with van der Waals surface area (Å²) in [5.74, 6) is 0.345. The first kappa shape index (κ1) is 25.3. The molecule has 4 aromatic rings. The molecular formula is C30H21ClN4O2. The summed E-state index contributed by atoms with van der Waals surface area (Å²) in [6, 6.07) is 20.9. The lowest BCUT2D eigenvalue weighted by molar-refractivity contribution is 0.111. The van der Waals surface area contributed by atoms with E-state index in [1.54, 1.807) is 42.7 Å². The highest BCUT2D eigenvalue weighted by Gasteiger charge is 2.15. The lowest BCUT2D eigenvalue weighted by atomic mass is 9.97. The molecule has 37 heavy (non-hydrogen) atoms. The first-order chi connectivity index (χ1) is 18.0. The van der Waals surface area contributed by atoms with Crippen LogP contribution in [0.1, 0.15) is 51.3 Å². The fraction of sp³-hybridized carbons (Fsp3) is 0.100. The van der Waals surface area contributed by atoms with E-state index in [2.05, 4.69) is 22.1 Å². The molecule has 0 fully saturated rings. The zero-order valence-corrected chi connectivity index (χ0v) is 20.7. The molecule has 0 aliphatic carbocycles. The number of hydrogen-bond donors (Lipinski definition) is 0. The van der Waals surface area contributed by atoms with Crippen molar-refractivity contribution in [1.82, 2.24) is 9.97 Å². The van der Waals surface area contributed by atoms with E-state index in [1.807, 2.05) is 43.3 Å². The summed E-state index contributed by atoms with van der Waals surface area (Å²) < 4.78 is 6.08. The molecule has 0 saturated carbocycles. The van der Waals surface area contributed by atoms with E-state index in [9.17, 15) is 10.1 Å².